The zero-order valence-corrected chi connectivity index (χ0v) is 13.3. The maximum Gasteiger partial charge on any atom is 0.239 e. The molecule has 0 bridgehead atoms. The third-order valence-corrected chi connectivity index (χ3v) is 4.02. The van der Waals surface area contributed by atoms with Crippen LogP contribution in [0.4, 0.5) is 0 Å². The first-order valence-corrected chi connectivity index (χ1v) is 7.81. The summed E-state index contributed by atoms with van der Waals surface area (Å²) < 4.78 is 5.31. The van der Waals surface area contributed by atoms with Crippen LogP contribution >= 0.6 is 0 Å². The highest BCUT2D eigenvalue weighted by Crippen LogP contribution is 2.16. The summed E-state index contributed by atoms with van der Waals surface area (Å²) in [6, 6.07) is 8.47. The van der Waals surface area contributed by atoms with Crippen molar-refractivity contribution in [2.45, 2.75) is 39.3 Å². The normalized spacial score (nSPS) is 18.3. The van der Waals surface area contributed by atoms with E-state index in [9.17, 15) is 4.79 Å². The van der Waals surface area contributed by atoms with Gasteiger partial charge < -0.3 is 9.64 Å². The van der Waals surface area contributed by atoms with Crippen LogP contribution in [-0.4, -0.2) is 43.2 Å². The van der Waals surface area contributed by atoms with E-state index in [1.54, 1.807) is 0 Å². The lowest BCUT2D eigenvalue weighted by Crippen LogP contribution is -2.50. The van der Waals surface area contributed by atoms with Crippen molar-refractivity contribution >= 4 is 5.91 Å². The number of amides is 1. The van der Waals surface area contributed by atoms with Gasteiger partial charge >= 0.3 is 0 Å². The van der Waals surface area contributed by atoms with Gasteiger partial charge in [0.15, 0.2) is 0 Å². The molecule has 2 rings (SSSR count). The summed E-state index contributed by atoms with van der Waals surface area (Å²) in [5.74, 6) is 0.195. The van der Waals surface area contributed by atoms with Gasteiger partial charge in [-0.05, 0) is 25.8 Å². The van der Waals surface area contributed by atoms with Crippen LogP contribution in [-0.2, 0) is 9.53 Å². The van der Waals surface area contributed by atoms with Crippen LogP contribution in [0.3, 0.4) is 0 Å². The molecule has 1 saturated heterocycles. The summed E-state index contributed by atoms with van der Waals surface area (Å²) in [7, 11) is 0. The zero-order valence-electron chi connectivity index (χ0n) is 13.3. The number of carbonyl (C=O) groups is 1. The van der Waals surface area contributed by atoms with E-state index in [2.05, 4.69) is 50.4 Å². The largest absolute Gasteiger partial charge is 0.378 e. The van der Waals surface area contributed by atoms with E-state index in [0.29, 0.717) is 26.3 Å². The summed E-state index contributed by atoms with van der Waals surface area (Å²) in [6.45, 7) is 8.96. The van der Waals surface area contributed by atoms with E-state index in [1.807, 2.05) is 4.90 Å². The lowest BCUT2D eigenvalue weighted by Gasteiger charge is -2.31. The molecule has 21 heavy (non-hydrogen) atoms. The van der Waals surface area contributed by atoms with E-state index >= 15 is 0 Å². The summed E-state index contributed by atoms with van der Waals surface area (Å²) in [5, 5.41) is 3.48. The minimum atomic E-state index is -0.126. The molecule has 1 aliphatic rings. The maximum atomic E-state index is 12.6. The van der Waals surface area contributed by atoms with E-state index in [-0.39, 0.29) is 18.0 Å². The Morgan fingerprint density at radius 2 is 2.10 bits per heavy atom. The highest BCUT2D eigenvalue weighted by molar-refractivity contribution is 5.82. The number of benzene rings is 1. The smallest absolute Gasteiger partial charge is 0.239 e. The topological polar surface area (TPSA) is 41.6 Å². The van der Waals surface area contributed by atoms with E-state index in [1.165, 1.54) is 11.1 Å². The fraction of sp³-hybridized carbons (Fsp3) is 0.588. The molecule has 0 unspecified atom stereocenters. The van der Waals surface area contributed by atoms with Crippen molar-refractivity contribution in [1.82, 2.24) is 10.2 Å². The van der Waals surface area contributed by atoms with E-state index in [4.69, 9.17) is 4.74 Å². The number of hydrogen-bond donors (Lipinski definition) is 1. The van der Waals surface area contributed by atoms with Crippen LogP contribution in [0.15, 0.2) is 24.3 Å². The standard InChI is InChI=1S/C17H26N2O2/c1-4-16(17(20)19-8-10-21-11-9-19)18-14(3)15-7-5-6-13(2)12-15/h5-7,12,14,16,18H,4,8-11H2,1-3H3/t14-,16+/m0/s1. The average molecular weight is 290 g/mol. The summed E-state index contributed by atoms with van der Waals surface area (Å²) in [6.07, 6.45) is 0.798. The molecule has 4 heteroatoms. The Morgan fingerprint density at radius 3 is 2.71 bits per heavy atom. The second kappa shape index (κ2) is 7.57. The van der Waals surface area contributed by atoms with Gasteiger partial charge in [0, 0.05) is 19.1 Å². The average Bonchev–Trinajstić information content (AvgIpc) is 2.52. The molecule has 1 aromatic rings. The quantitative estimate of drug-likeness (QED) is 0.904. The molecule has 0 aromatic heterocycles. The lowest BCUT2D eigenvalue weighted by molar-refractivity contribution is -0.137. The molecule has 0 aliphatic carbocycles. The molecule has 0 spiro atoms. The minimum absolute atomic E-state index is 0.126. The fourth-order valence-corrected chi connectivity index (χ4v) is 2.71. The Balaban J connectivity index is 1.99. The minimum Gasteiger partial charge on any atom is -0.378 e. The van der Waals surface area contributed by atoms with Gasteiger partial charge in [-0.25, -0.2) is 0 Å². The molecule has 1 heterocycles. The van der Waals surface area contributed by atoms with Crippen molar-refractivity contribution in [2.75, 3.05) is 26.3 Å². The number of ether oxygens (including phenoxy) is 1. The maximum absolute atomic E-state index is 12.6. The van der Waals surface area contributed by atoms with Gasteiger partial charge in [0.25, 0.3) is 0 Å². The lowest BCUT2D eigenvalue weighted by atomic mass is 10.0. The molecular weight excluding hydrogens is 264 g/mol. The Bertz CT molecular complexity index is 470. The Labute approximate surface area is 127 Å². The second-order valence-electron chi connectivity index (χ2n) is 5.70. The predicted octanol–water partition coefficient (Wildman–Crippen LogP) is 2.28. The molecular formula is C17H26N2O2. The van der Waals surface area contributed by atoms with Gasteiger partial charge in [0.1, 0.15) is 0 Å². The van der Waals surface area contributed by atoms with Crippen LogP contribution in [0.25, 0.3) is 0 Å². The Kier molecular flexibility index (Phi) is 5.76. The van der Waals surface area contributed by atoms with E-state index < -0.39 is 0 Å². The van der Waals surface area contributed by atoms with Crippen molar-refractivity contribution in [1.29, 1.82) is 0 Å². The van der Waals surface area contributed by atoms with E-state index in [0.717, 1.165) is 6.42 Å². The van der Waals surface area contributed by atoms with Crippen molar-refractivity contribution in [2.24, 2.45) is 0 Å². The van der Waals surface area contributed by atoms with Crippen LogP contribution in [0.5, 0.6) is 0 Å². The SMILES string of the molecule is CC[C@@H](N[C@@H](C)c1cccc(C)c1)C(=O)N1CCOCC1. The summed E-state index contributed by atoms with van der Waals surface area (Å²) >= 11 is 0. The van der Waals surface area contributed by atoms with Gasteiger partial charge in [-0.2, -0.15) is 0 Å². The first kappa shape index (κ1) is 16.0. The molecule has 1 aliphatic heterocycles. The molecule has 1 N–H and O–H groups in total. The Morgan fingerprint density at radius 1 is 1.38 bits per heavy atom. The van der Waals surface area contributed by atoms with Gasteiger partial charge in [-0.15, -0.1) is 0 Å². The molecule has 0 radical (unpaired) electrons. The molecule has 1 fully saturated rings. The zero-order chi connectivity index (χ0) is 15.2. The van der Waals surface area contributed by atoms with Crippen LogP contribution in [0.1, 0.15) is 37.4 Å². The van der Waals surface area contributed by atoms with Crippen molar-refractivity contribution in [3.05, 3.63) is 35.4 Å². The summed E-state index contributed by atoms with van der Waals surface area (Å²) in [5.41, 5.74) is 2.47. The number of hydrogen-bond acceptors (Lipinski definition) is 3. The van der Waals surface area contributed by atoms with Crippen molar-refractivity contribution in [3.8, 4) is 0 Å². The number of carbonyl (C=O) groups excluding carboxylic acids is 1. The highest BCUT2D eigenvalue weighted by Gasteiger charge is 2.25. The molecule has 2 atom stereocenters. The van der Waals surface area contributed by atoms with Crippen LogP contribution in [0.2, 0.25) is 0 Å². The van der Waals surface area contributed by atoms with Crippen LogP contribution in [0, 0.1) is 6.92 Å². The number of nitrogens with zero attached hydrogens (tertiary/aromatic N) is 1. The van der Waals surface area contributed by atoms with Gasteiger partial charge in [0.2, 0.25) is 5.91 Å². The van der Waals surface area contributed by atoms with Crippen LogP contribution < -0.4 is 5.32 Å². The third-order valence-electron chi connectivity index (χ3n) is 4.02. The highest BCUT2D eigenvalue weighted by atomic mass is 16.5. The number of morpholine rings is 1. The first-order chi connectivity index (χ1) is 10.1. The van der Waals surface area contributed by atoms with Crippen molar-refractivity contribution in [3.63, 3.8) is 0 Å². The molecule has 0 saturated carbocycles. The third kappa shape index (κ3) is 4.29. The monoisotopic (exact) mass is 290 g/mol. The molecule has 116 valence electrons. The number of nitrogens with one attached hydrogen (secondary N) is 1. The number of aryl methyl sites for hydroxylation is 1. The molecule has 4 nitrogen and oxygen atoms in total. The van der Waals surface area contributed by atoms with Gasteiger partial charge in [0.05, 0.1) is 19.3 Å². The Hall–Kier alpha value is -1.39. The predicted molar refractivity (Wildman–Crippen MR) is 84.2 cm³/mol. The molecule has 1 aromatic carbocycles. The molecule has 1 amide bonds. The first-order valence-electron chi connectivity index (χ1n) is 7.81. The van der Waals surface area contributed by atoms with Gasteiger partial charge in [-0.1, -0.05) is 36.8 Å². The number of rotatable bonds is 5. The fourth-order valence-electron chi connectivity index (χ4n) is 2.71. The second-order valence-corrected chi connectivity index (χ2v) is 5.70. The van der Waals surface area contributed by atoms with Crippen molar-refractivity contribution < 1.29 is 9.53 Å². The summed E-state index contributed by atoms with van der Waals surface area (Å²) in [4.78, 5) is 14.5. The van der Waals surface area contributed by atoms with Gasteiger partial charge in [-0.3, -0.25) is 10.1 Å².